The summed E-state index contributed by atoms with van der Waals surface area (Å²) in [5.41, 5.74) is -4.79. The third kappa shape index (κ3) is 3.16. The lowest BCUT2D eigenvalue weighted by molar-refractivity contribution is -0.144. The molecule has 1 aromatic carbocycles. The number of hydrogen-bond acceptors (Lipinski definition) is 4. The summed E-state index contributed by atoms with van der Waals surface area (Å²) >= 11 is 5.92. The highest BCUT2D eigenvalue weighted by atomic mass is 35.5. The van der Waals surface area contributed by atoms with Crippen LogP contribution in [0.2, 0.25) is 5.02 Å². The van der Waals surface area contributed by atoms with Gasteiger partial charge >= 0.3 is 11.9 Å². The van der Waals surface area contributed by atoms with E-state index >= 15 is 0 Å². The number of rotatable bonds is 3. The van der Waals surface area contributed by atoms with Crippen LogP contribution < -0.4 is 20.9 Å². The van der Waals surface area contributed by atoms with Gasteiger partial charge in [0.25, 0.3) is 5.56 Å². The number of anilines is 1. The Morgan fingerprint density at radius 2 is 1.77 bits per heavy atom. The first-order valence-electron chi connectivity index (χ1n) is 7.05. The molecule has 0 aliphatic heterocycles. The number of aromatic nitrogens is 2. The second-order valence-corrected chi connectivity index (χ2v) is 5.91. The van der Waals surface area contributed by atoms with E-state index in [1.165, 1.54) is 26.1 Å². The quantitative estimate of drug-likeness (QED) is 0.749. The number of methoxy groups -OCH3 is 1. The Morgan fingerprint density at radius 1 is 1.19 bits per heavy atom. The van der Waals surface area contributed by atoms with E-state index in [2.05, 4.69) is 0 Å². The molecule has 0 saturated heterocycles. The molecule has 0 atom stereocenters. The van der Waals surface area contributed by atoms with Crippen LogP contribution in [0.1, 0.15) is 5.69 Å². The first-order valence-corrected chi connectivity index (χ1v) is 7.43. The van der Waals surface area contributed by atoms with E-state index in [4.69, 9.17) is 16.3 Å². The molecule has 0 spiro atoms. The van der Waals surface area contributed by atoms with E-state index in [9.17, 15) is 27.2 Å². The maximum atomic E-state index is 14.6. The molecule has 142 valence electrons. The third-order valence-corrected chi connectivity index (χ3v) is 3.90. The van der Waals surface area contributed by atoms with E-state index in [0.29, 0.717) is 4.57 Å². The van der Waals surface area contributed by atoms with Crippen LogP contribution in [0, 0.1) is 5.82 Å². The number of nitrogens with zero attached hydrogens (tertiary/aromatic N) is 3. The lowest BCUT2D eigenvalue weighted by atomic mass is 10.2. The topological polar surface area (TPSA) is 56.5 Å². The van der Waals surface area contributed by atoms with Crippen LogP contribution in [0.4, 0.5) is 23.2 Å². The molecule has 11 heteroatoms. The molecule has 0 N–H and O–H groups in total. The molecule has 6 nitrogen and oxygen atoms in total. The van der Waals surface area contributed by atoms with Crippen molar-refractivity contribution >= 4 is 17.3 Å². The first kappa shape index (κ1) is 19.8. The molecule has 0 radical (unpaired) electrons. The van der Waals surface area contributed by atoms with Gasteiger partial charge in [0.15, 0.2) is 11.6 Å². The summed E-state index contributed by atoms with van der Waals surface area (Å²) in [6.07, 6.45) is -4.92. The largest absolute Gasteiger partial charge is 0.493 e. The van der Waals surface area contributed by atoms with Crippen molar-refractivity contribution in [3.63, 3.8) is 0 Å². The van der Waals surface area contributed by atoms with Crippen LogP contribution in [-0.2, 0) is 13.2 Å². The molecule has 0 bridgehead atoms. The van der Waals surface area contributed by atoms with E-state index in [0.717, 1.165) is 13.1 Å². The van der Waals surface area contributed by atoms with Crippen LogP contribution in [0.15, 0.2) is 21.7 Å². The third-order valence-electron chi connectivity index (χ3n) is 3.62. The van der Waals surface area contributed by atoms with Crippen molar-refractivity contribution in [2.75, 3.05) is 26.1 Å². The molecule has 0 fully saturated rings. The highest BCUT2D eigenvalue weighted by Gasteiger charge is 2.35. The van der Waals surface area contributed by atoms with Crippen molar-refractivity contribution in [3.05, 3.63) is 49.5 Å². The summed E-state index contributed by atoms with van der Waals surface area (Å²) in [6, 6.07) is 1.04. The highest BCUT2D eigenvalue weighted by Crippen LogP contribution is 2.40. The van der Waals surface area contributed by atoms with Crippen LogP contribution in [0.25, 0.3) is 5.69 Å². The number of hydrogen-bond donors (Lipinski definition) is 0. The highest BCUT2D eigenvalue weighted by molar-refractivity contribution is 6.32. The Kier molecular flexibility index (Phi) is 5.09. The normalized spacial score (nSPS) is 11.6. The summed E-state index contributed by atoms with van der Waals surface area (Å²) in [5, 5.41) is -0.130. The predicted molar refractivity (Wildman–Crippen MR) is 88.1 cm³/mol. The van der Waals surface area contributed by atoms with Gasteiger partial charge in [-0.2, -0.15) is 13.2 Å². The number of ether oxygens (including phenoxy) is 1. The van der Waals surface area contributed by atoms with Gasteiger partial charge in [-0.1, -0.05) is 11.6 Å². The van der Waals surface area contributed by atoms with Gasteiger partial charge in [0.05, 0.1) is 12.1 Å². The van der Waals surface area contributed by atoms with Gasteiger partial charge in [0.1, 0.15) is 17.1 Å². The van der Waals surface area contributed by atoms with Gasteiger partial charge in [0, 0.05) is 27.2 Å². The average molecular weight is 396 g/mol. The van der Waals surface area contributed by atoms with E-state index in [1.54, 1.807) is 0 Å². The molecule has 0 aliphatic rings. The Bertz CT molecular complexity index is 980. The van der Waals surface area contributed by atoms with Gasteiger partial charge < -0.3 is 9.64 Å². The average Bonchev–Trinajstić information content (AvgIpc) is 2.50. The first-order chi connectivity index (χ1) is 11.9. The van der Waals surface area contributed by atoms with Crippen LogP contribution >= 0.6 is 11.6 Å². The monoisotopic (exact) mass is 395 g/mol. The minimum absolute atomic E-state index is 0.0399. The fourth-order valence-corrected chi connectivity index (χ4v) is 2.77. The summed E-state index contributed by atoms with van der Waals surface area (Å²) in [4.78, 5) is 26.0. The minimum atomic E-state index is -4.92. The summed E-state index contributed by atoms with van der Waals surface area (Å²) in [6.45, 7) is 0. The van der Waals surface area contributed by atoms with E-state index in [1.807, 2.05) is 0 Å². The van der Waals surface area contributed by atoms with Crippen molar-refractivity contribution in [3.8, 4) is 11.4 Å². The lowest BCUT2D eigenvalue weighted by Crippen LogP contribution is -2.41. The molecule has 2 aromatic rings. The maximum absolute atomic E-state index is 14.6. The molecule has 0 unspecified atom stereocenters. The van der Waals surface area contributed by atoms with Crippen molar-refractivity contribution in [2.45, 2.75) is 6.18 Å². The minimum Gasteiger partial charge on any atom is -0.493 e. The molecule has 2 rings (SSSR count). The molecule has 26 heavy (non-hydrogen) atoms. The summed E-state index contributed by atoms with van der Waals surface area (Å²) in [7, 11) is 5.01. The fourth-order valence-electron chi connectivity index (χ4n) is 2.50. The lowest BCUT2D eigenvalue weighted by Gasteiger charge is -2.23. The zero-order valence-electron chi connectivity index (χ0n) is 14.1. The molecule has 0 aliphatic carbocycles. The van der Waals surface area contributed by atoms with Crippen molar-refractivity contribution < 1.29 is 22.3 Å². The van der Waals surface area contributed by atoms with Gasteiger partial charge in [-0.15, -0.1) is 0 Å². The molecule has 0 amide bonds. The van der Waals surface area contributed by atoms with Crippen LogP contribution in [-0.4, -0.2) is 30.3 Å². The summed E-state index contributed by atoms with van der Waals surface area (Å²) < 4.78 is 59.1. The van der Waals surface area contributed by atoms with Crippen LogP contribution in [0.3, 0.4) is 0 Å². The van der Waals surface area contributed by atoms with Gasteiger partial charge in [-0.3, -0.25) is 9.36 Å². The Morgan fingerprint density at radius 3 is 2.23 bits per heavy atom. The zero-order valence-corrected chi connectivity index (χ0v) is 14.9. The fraction of sp³-hybridized carbons (Fsp3) is 0.333. The zero-order chi connectivity index (χ0) is 20.0. The second-order valence-electron chi connectivity index (χ2n) is 5.51. The molecule has 0 saturated carbocycles. The summed E-state index contributed by atoms with van der Waals surface area (Å²) in [5.74, 6) is -1.11. The van der Waals surface area contributed by atoms with E-state index in [-0.39, 0.29) is 27.1 Å². The van der Waals surface area contributed by atoms with Crippen molar-refractivity contribution in [1.82, 2.24) is 9.13 Å². The predicted octanol–water partition coefficient (Wildman–Crippen LogP) is 2.42. The number of alkyl halides is 3. The number of benzene rings is 1. The van der Waals surface area contributed by atoms with E-state index < -0.39 is 34.6 Å². The maximum Gasteiger partial charge on any atom is 0.431 e. The van der Waals surface area contributed by atoms with Gasteiger partial charge in [-0.05, 0) is 6.07 Å². The SMILES string of the molecule is COc1c(Cl)cc(F)c(-n2c(=O)cc(C(F)(F)F)n(C)c2=O)c1N(C)C. The van der Waals surface area contributed by atoms with Gasteiger partial charge in [0.2, 0.25) is 0 Å². The smallest absolute Gasteiger partial charge is 0.431 e. The molecular weight excluding hydrogens is 382 g/mol. The molecule has 1 aromatic heterocycles. The van der Waals surface area contributed by atoms with Crippen LogP contribution in [0.5, 0.6) is 5.75 Å². The molecule has 1 heterocycles. The Hall–Kier alpha value is -2.49. The van der Waals surface area contributed by atoms with Crippen molar-refractivity contribution in [2.24, 2.45) is 7.05 Å². The second kappa shape index (κ2) is 6.67. The standard InChI is InChI=1S/C15H14ClF4N3O3/c1-21(2)12-11(8(17)5-7(16)13(12)26-4)23-10(24)6-9(15(18,19)20)22(3)14(23)25/h5-6H,1-4H3. The number of halogens is 5. The van der Waals surface area contributed by atoms with Gasteiger partial charge in [-0.25, -0.2) is 13.8 Å². The van der Waals surface area contributed by atoms with Crippen molar-refractivity contribution in [1.29, 1.82) is 0 Å². The molecular formula is C15H14ClF4N3O3. The Balaban J connectivity index is 3.02. The Labute approximate surface area is 149 Å².